The SMILES string of the molecule is Cc1ccc(N2CCCC2)c(-c2cc(C(=O)O)nn2C)c1. The number of carbonyl (C=O) groups is 1. The molecule has 0 saturated carbocycles. The van der Waals surface area contributed by atoms with Crippen molar-refractivity contribution < 1.29 is 9.90 Å². The molecule has 0 bridgehead atoms. The highest BCUT2D eigenvalue weighted by Crippen LogP contribution is 2.33. The summed E-state index contributed by atoms with van der Waals surface area (Å²) in [7, 11) is 1.79. The van der Waals surface area contributed by atoms with Crippen molar-refractivity contribution in [1.82, 2.24) is 9.78 Å². The fraction of sp³-hybridized carbons (Fsp3) is 0.375. The lowest BCUT2D eigenvalue weighted by molar-refractivity contribution is 0.0689. The molecule has 2 aromatic rings. The van der Waals surface area contributed by atoms with Crippen molar-refractivity contribution in [3.8, 4) is 11.3 Å². The normalized spacial score (nSPS) is 14.7. The summed E-state index contributed by atoms with van der Waals surface area (Å²) in [5.74, 6) is -0.993. The summed E-state index contributed by atoms with van der Waals surface area (Å²) in [6.07, 6.45) is 2.41. The average molecular weight is 285 g/mol. The Balaban J connectivity index is 2.12. The first kappa shape index (κ1) is 13.7. The number of aromatic carboxylic acids is 1. The van der Waals surface area contributed by atoms with E-state index in [2.05, 4.69) is 28.2 Å². The molecule has 2 heterocycles. The lowest BCUT2D eigenvalue weighted by Gasteiger charge is -2.22. The number of nitrogens with zero attached hydrogens (tertiary/aromatic N) is 3. The molecular formula is C16H19N3O2. The summed E-state index contributed by atoms with van der Waals surface area (Å²) in [5.41, 5.74) is 4.31. The van der Waals surface area contributed by atoms with Crippen LogP contribution in [-0.2, 0) is 7.05 Å². The largest absolute Gasteiger partial charge is 0.476 e. The Labute approximate surface area is 123 Å². The van der Waals surface area contributed by atoms with Crippen molar-refractivity contribution >= 4 is 11.7 Å². The Kier molecular flexibility index (Phi) is 3.41. The quantitative estimate of drug-likeness (QED) is 0.942. The number of carboxylic acid groups (broad SMARTS) is 1. The third kappa shape index (κ3) is 2.51. The van der Waals surface area contributed by atoms with Crippen LogP contribution in [0.15, 0.2) is 24.3 Å². The second-order valence-corrected chi connectivity index (χ2v) is 5.56. The first-order chi connectivity index (χ1) is 10.1. The van der Waals surface area contributed by atoms with Gasteiger partial charge in [0, 0.05) is 31.4 Å². The number of hydrogen-bond acceptors (Lipinski definition) is 3. The van der Waals surface area contributed by atoms with Crippen LogP contribution in [0, 0.1) is 6.92 Å². The van der Waals surface area contributed by atoms with E-state index < -0.39 is 5.97 Å². The summed E-state index contributed by atoms with van der Waals surface area (Å²) >= 11 is 0. The van der Waals surface area contributed by atoms with E-state index in [9.17, 15) is 4.79 Å². The van der Waals surface area contributed by atoms with Gasteiger partial charge in [0.05, 0.1) is 5.69 Å². The molecule has 5 nitrogen and oxygen atoms in total. The number of rotatable bonds is 3. The molecule has 5 heteroatoms. The maximum atomic E-state index is 11.1. The predicted molar refractivity (Wildman–Crippen MR) is 81.8 cm³/mol. The van der Waals surface area contributed by atoms with Gasteiger partial charge in [-0.15, -0.1) is 0 Å². The highest BCUT2D eigenvalue weighted by atomic mass is 16.4. The zero-order valence-corrected chi connectivity index (χ0v) is 12.3. The first-order valence-corrected chi connectivity index (χ1v) is 7.19. The molecule has 110 valence electrons. The maximum Gasteiger partial charge on any atom is 0.356 e. The Hall–Kier alpha value is -2.30. The molecule has 1 saturated heterocycles. The van der Waals surface area contributed by atoms with Crippen LogP contribution in [0.4, 0.5) is 5.69 Å². The fourth-order valence-electron chi connectivity index (χ4n) is 2.91. The second kappa shape index (κ2) is 5.24. The standard InChI is InChI=1S/C16H19N3O2/c1-11-5-6-14(19-7-3-4-8-19)12(9-11)15-10-13(16(20)21)17-18(15)2/h5-6,9-10H,3-4,7-8H2,1-2H3,(H,20,21). The molecule has 21 heavy (non-hydrogen) atoms. The molecule has 1 N–H and O–H groups in total. The molecule has 0 radical (unpaired) electrons. The van der Waals surface area contributed by atoms with E-state index >= 15 is 0 Å². The molecule has 0 aliphatic carbocycles. The highest BCUT2D eigenvalue weighted by Gasteiger charge is 2.20. The van der Waals surface area contributed by atoms with Crippen molar-refractivity contribution in [3.05, 3.63) is 35.5 Å². The number of anilines is 1. The molecule has 0 spiro atoms. The van der Waals surface area contributed by atoms with Crippen LogP contribution in [0.5, 0.6) is 0 Å². The van der Waals surface area contributed by atoms with E-state index in [1.807, 2.05) is 6.92 Å². The van der Waals surface area contributed by atoms with Crippen LogP contribution in [0.25, 0.3) is 11.3 Å². The van der Waals surface area contributed by atoms with Crippen LogP contribution in [0.3, 0.4) is 0 Å². The van der Waals surface area contributed by atoms with Crippen molar-refractivity contribution in [1.29, 1.82) is 0 Å². The van der Waals surface area contributed by atoms with E-state index in [1.165, 1.54) is 12.8 Å². The lowest BCUT2D eigenvalue weighted by Crippen LogP contribution is -2.18. The van der Waals surface area contributed by atoms with Crippen LogP contribution < -0.4 is 4.90 Å². The molecule has 0 amide bonds. The predicted octanol–water partition coefficient (Wildman–Crippen LogP) is 2.69. The zero-order chi connectivity index (χ0) is 15.0. The topological polar surface area (TPSA) is 58.4 Å². The first-order valence-electron chi connectivity index (χ1n) is 7.19. The van der Waals surface area contributed by atoms with Gasteiger partial charge in [0.1, 0.15) is 0 Å². The van der Waals surface area contributed by atoms with Gasteiger partial charge < -0.3 is 10.0 Å². The maximum absolute atomic E-state index is 11.1. The Morgan fingerprint density at radius 1 is 1.24 bits per heavy atom. The van der Waals surface area contributed by atoms with Gasteiger partial charge in [0.15, 0.2) is 5.69 Å². The van der Waals surface area contributed by atoms with Crippen molar-refractivity contribution in [2.24, 2.45) is 7.05 Å². The van der Waals surface area contributed by atoms with Gasteiger partial charge in [-0.3, -0.25) is 4.68 Å². The molecule has 1 aliphatic heterocycles. The number of carboxylic acids is 1. The molecule has 3 rings (SSSR count). The van der Waals surface area contributed by atoms with Gasteiger partial charge >= 0.3 is 5.97 Å². The Bertz CT molecular complexity index is 685. The fourth-order valence-corrected chi connectivity index (χ4v) is 2.91. The number of hydrogen-bond donors (Lipinski definition) is 1. The van der Waals surface area contributed by atoms with E-state index in [4.69, 9.17) is 5.11 Å². The second-order valence-electron chi connectivity index (χ2n) is 5.56. The van der Waals surface area contributed by atoms with E-state index in [0.717, 1.165) is 35.6 Å². The van der Waals surface area contributed by atoms with Crippen molar-refractivity contribution in [3.63, 3.8) is 0 Å². The minimum atomic E-state index is -0.993. The molecule has 0 unspecified atom stereocenters. The lowest BCUT2D eigenvalue weighted by atomic mass is 10.0. The number of aromatic nitrogens is 2. The van der Waals surface area contributed by atoms with Gasteiger partial charge in [0.2, 0.25) is 0 Å². The van der Waals surface area contributed by atoms with Gasteiger partial charge in [-0.2, -0.15) is 5.10 Å². The van der Waals surface area contributed by atoms with Crippen LogP contribution >= 0.6 is 0 Å². The summed E-state index contributed by atoms with van der Waals surface area (Å²) in [6, 6.07) is 7.99. The highest BCUT2D eigenvalue weighted by molar-refractivity contribution is 5.88. The van der Waals surface area contributed by atoms with Crippen LogP contribution in [-0.4, -0.2) is 33.9 Å². The van der Waals surface area contributed by atoms with Gasteiger partial charge in [-0.1, -0.05) is 11.6 Å². The van der Waals surface area contributed by atoms with Gasteiger partial charge in [-0.25, -0.2) is 4.79 Å². The van der Waals surface area contributed by atoms with Crippen LogP contribution in [0.1, 0.15) is 28.9 Å². The smallest absolute Gasteiger partial charge is 0.356 e. The average Bonchev–Trinajstić information content (AvgIpc) is 3.07. The third-order valence-corrected chi connectivity index (χ3v) is 3.97. The zero-order valence-electron chi connectivity index (χ0n) is 12.3. The summed E-state index contributed by atoms with van der Waals surface area (Å²) in [6.45, 7) is 4.16. The van der Waals surface area contributed by atoms with Crippen molar-refractivity contribution in [2.75, 3.05) is 18.0 Å². The van der Waals surface area contributed by atoms with Crippen LogP contribution in [0.2, 0.25) is 0 Å². The van der Waals surface area contributed by atoms with E-state index in [-0.39, 0.29) is 5.69 Å². The monoisotopic (exact) mass is 285 g/mol. The van der Waals surface area contributed by atoms with Gasteiger partial charge in [-0.05, 0) is 38.0 Å². The minimum Gasteiger partial charge on any atom is -0.476 e. The minimum absolute atomic E-state index is 0.0846. The van der Waals surface area contributed by atoms with E-state index in [0.29, 0.717) is 0 Å². The number of aryl methyl sites for hydroxylation is 2. The van der Waals surface area contributed by atoms with Gasteiger partial charge in [0.25, 0.3) is 0 Å². The van der Waals surface area contributed by atoms with E-state index in [1.54, 1.807) is 17.8 Å². The molecule has 1 aromatic heterocycles. The molecule has 1 fully saturated rings. The Morgan fingerprint density at radius 3 is 2.57 bits per heavy atom. The molecular weight excluding hydrogens is 266 g/mol. The summed E-state index contributed by atoms with van der Waals surface area (Å²) in [4.78, 5) is 13.5. The molecule has 0 atom stereocenters. The third-order valence-electron chi connectivity index (χ3n) is 3.97. The molecule has 1 aromatic carbocycles. The van der Waals surface area contributed by atoms with Crippen molar-refractivity contribution in [2.45, 2.75) is 19.8 Å². The Morgan fingerprint density at radius 2 is 1.95 bits per heavy atom. The summed E-state index contributed by atoms with van der Waals surface area (Å²) < 4.78 is 1.65. The summed E-state index contributed by atoms with van der Waals surface area (Å²) in [5, 5.41) is 13.2. The molecule has 1 aliphatic rings. The number of benzene rings is 1.